The molecule has 0 aliphatic rings. The monoisotopic (exact) mass is 638 g/mol. The number of nitrogens with zero attached hydrogens (tertiary/aromatic N) is 5. The molecule has 0 saturated heterocycles. The summed E-state index contributed by atoms with van der Waals surface area (Å²) >= 11 is 9.90. The number of phenolic OH excluding ortho intramolecular Hbond substituents is 2. The average Bonchev–Trinajstić information content (AvgIpc) is 2.87. The van der Waals surface area contributed by atoms with E-state index in [0.717, 1.165) is 26.5 Å². The van der Waals surface area contributed by atoms with E-state index < -0.39 is 0 Å². The molecule has 4 aromatic carbocycles. The Labute approximate surface area is 238 Å². The van der Waals surface area contributed by atoms with E-state index >= 15 is 0 Å². The van der Waals surface area contributed by atoms with Gasteiger partial charge in [-0.1, -0.05) is 45.2 Å². The van der Waals surface area contributed by atoms with E-state index in [-0.39, 0.29) is 26.4 Å². The van der Waals surface area contributed by atoms with Crippen LogP contribution in [0.5, 0.6) is 11.5 Å². The summed E-state index contributed by atoms with van der Waals surface area (Å²) in [4.78, 5) is 17.7. The first-order chi connectivity index (χ1) is 16.9. The predicted molar refractivity (Wildman–Crippen MR) is 163 cm³/mol. The van der Waals surface area contributed by atoms with Crippen LogP contribution in [0.1, 0.15) is 14.9 Å². The Kier molecular flexibility index (Phi) is 10.9. The Balaban J connectivity index is 0.000000226. The quantitative estimate of drug-likeness (QED) is 0.0885. The topological polar surface area (TPSA) is 104 Å². The molecule has 0 amide bonds. The minimum absolute atomic E-state index is 0. The number of thiol groups is 1. The zero-order chi connectivity index (χ0) is 24.9. The SMILES string of the molecule is C.C.Oc1c(Br)cc(Br)c2nc3ccccc3nc12.Oc1cccc2nc3ccccc3nc12.[B]=NS. The van der Waals surface area contributed by atoms with Crippen molar-refractivity contribution in [2.24, 2.45) is 4.30 Å². The molecule has 0 bridgehead atoms. The van der Waals surface area contributed by atoms with E-state index in [0.29, 0.717) is 26.5 Å². The summed E-state index contributed by atoms with van der Waals surface area (Å²) in [6, 6.07) is 22.2. The number of aromatic hydroxyl groups is 2. The van der Waals surface area contributed by atoms with Crippen LogP contribution in [-0.2, 0) is 0 Å². The van der Waals surface area contributed by atoms with Gasteiger partial charge in [0.2, 0.25) is 0 Å². The van der Waals surface area contributed by atoms with Gasteiger partial charge in [0.05, 0.1) is 32.1 Å². The molecule has 2 aromatic heterocycles. The number of phenols is 2. The normalized spacial score (nSPS) is 9.89. The molecule has 187 valence electrons. The Bertz CT molecular complexity index is 1710. The molecule has 37 heavy (non-hydrogen) atoms. The standard InChI is InChI=1S/C12H6Br2N2O.C12H8N2O.2CH4.BHNS/c13-6-5-7(14)12(17)11-10(6)15-8-3-1-2-4-9(8)16-11;15-11-7-3-6-10-12(11)14-9-5-2-1-4-8(9)13-10;;;1-2-3/h1-5,17H;1-7,15H;2*1H4;3H. The molecule has 0 atom stereocenters. The Hall–Kier alpha value is -3.15. The zero-order valence-corrected chi connectivity index (χ0v) is 21.9. The molecule has 1 radical (unpaired) electrons. The molecular formula is C26H23BBr2N5O2S. The molecule has 11 heteroatoms. The van der Waals surface area contributed by atoms with Crippen LogP contribution in [-0.4, -0.2) is 37.8 Å². The number of para-hydroxylation sites is 5. The second-order valence-corrected chi connectivity index (χ2v) is 9.01. The number of aromatic nitrogens is 4. The summed E-state index contributed by atoms with van der Waals surface area (Å²) in [6.45, 7) is 0. The van der Waals surface area contributed by atoms with Gasteiger partial charge in [-0.3, -0.25) is 0 Å². The summed E-state index contributed by atoms with van der Waals surface area (Å²) in [5.41, 5.74) is 5.63. The Morgan fingerprint density at radius 1 is 0.622 bits per heavy atom. The molecule has 0 aliphatic carbocycles. The fourth-order valence-corrected chi connectivity index (χ4v) is 4.55. The van der Waals surface area contributed by atoms with Gasteiger partial charge in [0.25, 0.3) is 0 Å². The van der Waals surface area contributed by atoms with Crippen molar-refractivity contribution in [2.75, 3.05) is 0 Å². The van der Waals surface area contributed by atoms with E-state index in [2.05, 4.69) is 76.5 Å². The number of rotatable bonds is 0. The van der Waals surface area contributed by atoms with Crippen LogP contribution in [0, 0.1) is 0 Å². The summed E-state index contributed by atoms with van der Waals surface area (Å²) in [7, 11) is 4.34. The number of benzene rings is 4. The third kappa shape index (κ3) is 6.60. The van der Waals surface area contributed by atoms with Gasteiger partial charge >= 0.3 is 24.8 Å². The van der Waals surface area contributed by atoms with Crippen LogP contribution in [0.15, 0.2) is 86.0 Å². The molecule has 0 fully saturated rings. The van der Waals surface area contributed by atoms with Gasteiger partial charge in [-0.25, -0.2) is 19.9 Å². The van der Waals surface area contributed by atoms with E-state index in [4.69, 9.17) is 0 Å². The summed E-state index contributed by atoms with van der Waals surface area (Å²) in [6.07, 6.45) is 0. The first-order valence-corrected chi connectivity index (χ1v) is 12.0. The van der Waals surface area contributed by atoms with Crippen molar-refractivity contribution in [2.45, 2.75) is 14.9 Å². The van der Waals surface area contributed by atoms with Gasteiger partial charge < -0.3 is 10.2 Å². The number of halogens is 2. The van der Waals surface area contributed by atoms with Gasteiger partial charge in [-0.15, -0.1) is 0 Å². The van der Waals surface area contributed by atoms with Crippen molar-refractivity contribution in [3.05, 3.63) is 81.7 Å². The van der Waals surface area contributed by atoms with Crippen LogP contribution >= 0.6 is 44.7 Å². The van der Waals surface area contributed by atoms with Crippen LogP contribution in [0.3, 0.4) is 0 Å². The molecule has 7 nitrogen and oxygen atoms in total. The van der Waals surface area contributed by atoms with E-state index in [1.54, 1.807) is 18.2 Å². The number of hydrogen-bond acceptors (Lipinski definition) is 8. The minimum atomic E-state index is 0. The third-order valence-electron chi connectivity index (χ3n) is 4.85. The first-order valence-electron chi connectivity index (χ1n) is 10.0. The maximum atomic E-state index is 9.97. The molecule has 2 heterocycles. The summed E-state index contributed by atoms with van der Waals surface area (Å²) in [5, 5.41) is 19.6. The van der Waals surface area contributed by atoms with Crippen LogP contribution in [0.4, 0.5) is 0 Å². The van der Waals surface area contributed by atoms with E-state index in [1.807, 2.05) is 54.6 Å². The average molecular weight is 640 g/mol. The second kappa shape index (κ2) is 13.4. The van der Waals surface area contributed by atoms with Gasteiger partial charge in [0.1, 0.15) is 22.3 Å². The molecule has 0 unspecified atom stereocenters. The van der Waals surface area contributed by atoms with Crippen molar-refractivity contribution in [1.82, 2.24) is 19.9 Å². The second-order valence-electron chi connectivity index (χ2n) is 7.07. The number of hydrogen-bond donors (Lipinski definition) is 3. The molecule has 0 saturated carbocycles. The predicted octanol–water partition coefficient (Wildman–Crippen LogP) is 7.96. The summed E-state index contributed by atoms with van der Waals surface area (Å²) in [5.74, 6) is 0.284. The van der Waals surface area contributed by atoms with E-state index in [1.165, 1.54) is 0 Å². The fourth-order valence-electron chi connectivity index (χ4n) is 3.32. The number of fused-ring (bicyclic) bond motifs is 4. The van der Waals surface area contributed by atoms with Gasteiger partial charge in [0, 0.05) is 4.47 Å². The Morgan fingerprint density at radius 3 is 1.59 bits per heavy atom. The van der Waals surface area contributed by atoms with Gasteiger partial charge in [0.15, 0.2) is 5.75 Å². The molecule has 6 rings (SSSR count). The van der Waals surface area contributed by atoms with Crippen molar-refractivity contribution < 1.29 is 10.2 Å². The molecule has 0 aliphatic heterocycles. The third-order valence-corrected chi connectivity index (χ3v) is 6.06. The van der Waals surface area contributed by atoms with Gasteiger partial charge in [-0.05, 0) is 74.3 Å². The van der Waals surface area contributed by atoms with Crippen LogP contribution in [0.2, 0.25) is 0 Å². The van der Waals surface area contributed by atoms with Gasteiger partial charge in [-0.2, -0.15) is 0 Å². The van der Waals surface area contributed by atoms with Crippen molar-refractivity contribution in [3.63, 3.8) is 0 Å². The van der Waals surface area contributed by atoms with E-state index in [9.17, 15) is 10.2 Å². The molecule has 0 spiro atoms. The summed E-state index contributed by atoms with van der Waals surface area (Å²) < 4.78 is 4.09. The first kappa shape index (κ1) is 30.1. The van der Waals surface area contributed by atoms with Crippen molar-refractivity contribution in [3.8, 4) is 11.5 Å². The van der Waals surface area contributed by atoms with Crippen LogP contribution in [0.25, 0.3) is 44.1 Å². The zero-order valence-electron chi connectivity index (χ0n) is 17.8. The fraction of sp³-hybridized carbons (Fsp3) is 0.0769. The molecule has 2 N–H and O–H groups in total. The van der Waals surface area contributed by atoms with Crippen molar-refractivity contribution >= 4 is 96.4 Å². The Morgan fingerprint density at radius 2 is 1.05 bits per heavy atom. The molecule has 6 aromatic rings. The maximum absolute atomic E-state index is 9.97. The van der Waals surface area contributed by atoms with Crippen LogP contribution < -0.4 is 0 Å². The van der Waals surface area contributed by atoms with Crippen molar-refractivity contribution in [1.29, 1.82) is 0 Å². The molecular weight excluding hydrogens is 617 g/mol.